The number of aryl methyl sites for hydroxylation is 1. The van der Waals surface area contributed by atoms with Crippen molar-refractivity contribution in [2.75, 3.05) is 6.54 Å². The average Bonchev–Trinajstić information content (AvgIpc) is 2.90. The third-order valence-electron chi connectivity index (χ3n) is 5.98. The highest BCUT2D eigenvalue weighted by atomic mass is 16.2. The van der Waals surface area contributed by atoms with E-state index < -0.39 is 11.6 Å². The fourth-order valence-electron chi connectivity index (χ4n) is 4.27. The summed E-state index contributed by atoms with van der Waals surface area (Å²) in [5.74, 6) is -0.375. The zero-order valence-electron chi connectivity index (χ0n) is 17.1. The van der Waals surface area contributed by atoms with Gasteiger partial charge in [0.2, 0.25) is 5.91 Å². The van der Waals surface area contributed by atoms with Crippen molar-refractivity contribution in [1.29, 1.82) is 0 Å². The van der Waals surface area contributed by atoms with E-state index in [0.717, 1.165) is 36.1 Å². The van der Waals surface area contributed by atoms with E-state index in [2.05, 4.69) is 29.7 Å². The molecule has 1 atom stereocenters. The van der Waals surface area contributed by atoms with Gasteiger partial charge in [-0.25, -0.2) is 4.79 Å². The van der Waals surface area contributed by atoms with Gasteiger partial charge in [-0.2, -0.15) is 0 Å². The first-order valence-corrected chi connectivity index (χ1v) is 10.4. The molecule has 0 unspecified atom stereocenters. The number of carbonyl (C=O) groups is 3. The minimum Gasteiger partial charge on any atom is -0.347 e. The number of carbonyl (C=O) groups excluding carboxylic acids is 3. The van der Waals surface area contributed by atoms with Crippen LogP contribution in [0.5, 0.6) is 0 Å². The van der Waals surface area contributed by atoms with Gasteiger partial charge < -0.3 is 10.6 Å². The van der Waals surface area contributed by atoms with Gasteiger partial charge in [-0.15, -0.1) is 0 Å². The van der Waals surface area contributed by atoms with E-state index in [1.54, 1.807) is 0 Å². The van der Waals surface area contributed by atoms with Crippen molar-refractivity contribution >= 4 is 17.8 Å². The SMILES string of the molecule is CCc1ccc([C@@H](NC(=O)CN2C(=O)NC3(CCCCC3)C2=O)C(C)C)cc1. The lowest BCUT2D eigenvalue weighted by Crippen LogP contribution is -2.49. The third-order valence-corrected chi connectivity index (χ3v) is 5.98. The first-order chi connectivity index (χ1) is 13.4. The van der Waals surface area contributed by atoms with Crippen LogP contribution in [0.1, 0.15) is 70.0 Å². The summed E-state index contributed by atoms with van der Waals surface area (Å²) in [6, 6.07) is 7.60. The molecule has 1 aliphatic heterocycles. The van der Waals surface area contributed by atoms with Crippen LogP contribution in [0.25, 0.3) is 0 Å². The second-order valence-corrected chi connectivity index (χ2v) is 8.35. The third kappa shape index (κ3) is 4.05. The molecule has 1 heterocycles. The molecule has 2 fully saturated rings. The Hall–Kier alpha value is -2.37. The summed E-state index contributed by atoms with van der Waals surface area (Å²) >= 11 is 0. The molecule has 6 heteroatoms. The Morgan fingerprint density at radius 1 is 1.14 bits per heavy atom. The average molecular weight is 386 g/mol. The van der Waals surface area contributed by atoms with Crippen molar-refractivity contribution in [3.63, 3.8) is 0 Å². The van der Waals surface area contributed by atoms with Gasteiger partial charge in [0.1, 0.15) is 12.1 Å². The van der Waals surface area contributed by atoms with Crippen molar-refractivity contribution < 1.29 is 14.4 Å². The van der Waals surface area contributed by atoms with Gasteiger partial charge in [-0.05, 0) is 36.3 Å². The molecule has 3 rings (SSSR count). The second-order valence-electron chi connectivity index (χ2n) is 8.35. The maximum atomic E-state index is 12.9. The summed E-state index contributed by atoms with van der Waals surface area (Å²) in [6.07, 6.45) is 5.22. The molecule has 1 aromatic rings. The molecule has 4 amide bonds. The monoisotopic (exact) mass is 385 g/mol. The standard InChI is InChI=1S/C22H31N3O3/c1-4-16-8-10-17(11-9-16)19(15(2)3)23-18(26)14-25-20(27)22(24-21(25)28)12-6-5-7-13-22/h8-11,15,19H,4-7,12-14H2,1-3H3,(H,23,26)(H,24,28)/t19-/m0/s1. The fourth-order valence-corrected chi connectivity index (χ4v) is 4.27. The van der Waals surface area contributed by atoms with Gasteiger partial charge in [0.15, 0.2) is 0 Å². The first-order valence-electron chi connectivity index (χ1n) is 10.4. The summed E-state index contributed by atoms with van der Waals surface area (Å²) in [5.41, 5.74) is 1.49. The van der Waals surface area contributed by atoms with E-state index in [1.165, 1.54) is 5.56 Å². The largest absolute Gasteiger partial charge is 0.347 e. The minimum absolute atomic E-state index is 0.164. The lowest BCUT2D eigenvalue weighted by Gasteiger charge is -2.30. The molecule has 1 saturated carbocycles. The summed E-state index contributed by atoms with van der Waals surface area (Å²) in [4.78, 5) is 39.0. The van der Waals surface area contributed by atoms with Crippen LogP contribution in [-0.2, 0) is 16.0 Å². The summed E-state index contributed by atoms with van der Waals surface area (Å²) in [6.45, 7) is 5.96. The number of amides is 4. The number of benzene rings is 1. The topological polar surface area (TPSA) is 78.5 Å². The van der Waals surface area contributed by atoms with Crippen molar-refractivity contribution in [3.05, 3.63) is 35.4 Å². The molecule has 152 valence electrons. The van der Waals surface area contributed by atoms with Crippen molar-refractivity contribution in [3.8, 4) is 0 Å². The van der Waals surface area contributed by atoms with Crippen molar-refractivity contribution in [2.45, 2.75) is 70.9 Å². The number of hydrogen-bond donors (Lipinski definition) is 2. The Morgan fingerprint density at radius 2 is 1.79 bits per heavy atom. The molecule has 0 bridgehead atoms. The van der Waals surface area contributed by atoms with Gasteiger partial charge in [0.25, 0.3) is 5.91 Å². The second kappa shape index (κ2) is 8.33. The molecule has 1 spiro atoms. The lowest BCUT2D eigenvalue weighted by atomic mass is 9.82. The fraction of sp³-hybridized carbons (Fsp3) is 0.591. The highest BCUT2D eigenvalue weighted by molar-refractivity contribution is 6.09. The molecular formula is C22H31N3O3. The zero-order chi connectivity index (χ0) is 20.3. The molecule has 1 saturated heterocycles. The normalized spacial score (nSPS) is 19.8. The van der Waals surface area contributed by atoms with Crippen LogP contribution in [0, 0.1) is 5.92 Å². The van der Waals surface area contributed by atoms with Gasteiger partial charge in [0.05, 0.1) is 6.04 Å². The van der Waals surface area contributed by atoms with E-state index in [0.29, 0.717) is 12.8 Å². The summed E-state index contributed by atoms with van der Waals surface area (Å²) in [5, 5.41) is 5.87. The quantitative estimate of drug-likeness (QED) is 0.738. The van der Waals surface area contributed by atoms with Gasteiger partial charge in [0, 0.05) is 0 Å². The summed E-state index contributed by atoms with van der Waals surface area (Å²) < 4.78 is 0. The van der Waals surface area contributed by atoms with Crippen LogP contribution in [0.4, 0.5) is 4.79 Å². The highest BCUT2D eigenvalue weighted by Crippen LogP contribution is 2.33. The van der Waals surface area contributed by atoms with Gasteiger partial charge in [-0.3, -0.25) is 14.5 Å². The molecule has 1 aromatic carbocycles. The molecule has 1 aliphatic carbocycles. The lowest BCUT2D eigenvalue weighted by molar-refractivity contribution is -0.136. The predicted octanol–water partition coefficient (Wildman–Crippen LogP) is 3.32. The van der Waals surface area contributed by atoms with E-state index >= 15 is 0 Å². The molecule has 2 N–H and O–H groups in total. The molecule has 28 heavy (non-hydrogen) atoms. The Labute approximate surface area is 167 Å². The van der Waals surface area contributed by atoms with Crippen molar-refractivity contribution in [1.82, 2.24) is 15.5 Å². The smallest absolute Gasteiger partial charge is 0.325 e. The molecule has 0 aromatic heterocycles. The van der Waals surface area contributed by atoms with Crippen LogP contribution in [-0.4, -0.2) is 34.8 Å². The number of urea groups is 1. The van der Waals surface area contributed by atoms with E-state index in [-0.39, 0.29) is 30.3 Å². The maximum absolute atomic E-state index is 12.9. The number of nitrogens with one attached hydrogen (secondary N) is 2. The molecule has 6 nitrogen and oxygen atoms in total. The van der Waals surface area contributed by atoms with Crippen LogP contribution >= 0.6 is 0 Å². The van der Waals surface area contributed by atoms with Crippen LogP contribution < -0.4 is 10.6 Å². The first kappa shape index (κ1) is 20.4. The number of nitrogens with zero attached hydrogens (tertiary/aromatic N) is 1. The number of imide groups is 1. The number of hydrogen-bond acceptors (Lipinski definition) is 3. The molecule has 2 aliphatic rings. The Morgan fingerprint density at radius 3 is 2.36 bits per heavy atom. The van der Waals surface area contributed by atoms with E-state index in [1.807, 2.05) is 26.0 Å². The van der Waals surface area contributed by atoms with Crippen LogP contribution in [0.2, 0.25) is 0 Å². The van der Waals surface area contributed by atoms with E-state index in [4.69, 9.17) is 0 Å². The van der Waals surface area contributed by atoms with Crippen LogP contribution in [0.3, 0.4) is 0 Å². The van der Waals surface area contributed by atoms with Gasteiger partial charge in [-0.1, -0.05) is 64.3 Å². The van der Waals surface area contributed by atoms with Crippen LogP contribution in [0.15, 0.2) is 24.3 Å². The predicted molar refractivity (Wildman–Crippen MR) is 108 cm³/mol. The Kier molecular flexibility index (Phi) is 6.06. The van der Waals surface area contributed by atoms with Gasteiger partial charge >= 0.3 is 6.03 Å². The minimum atomic E-state index is -0.789. The molecule has 0 radical (unpaired) electrons. The molecular weight excluding hydrogens is 354 g/mol. The summed E-state index contributed by atoms with van der Waals surface area (Å²) in [7, 11) is 0. The van der Waals surface area contributed by atoms with E-state index in [9.17, 15) is 14.4 Å². The maximum Gasteiger partial charge on any atom is 0.325 e. The zero-order valence-corrected chi connectivity index (χ0v) is 17.1. The Balaban J connectivity index is 1.67. The number of rotatable bonds is 6. The highest BCUT2D eigenvalue weighted by Gasteiger charge is 2.51. The van der Waals surface area contributed by atoms with Crippen molar-refractivity contribution in [2.24, 2.45) is 5.92 Å². The Bertz CT molecular complexity index is 736.